The molecular weight excluding hydrogens is 276 g/mol. The highest BCUT2D eigenvalue weighted by atomic mass is 16.4. The third-order valence-corrected chi connectivity index (χ3v) is 4.51. The quantitative estimate of drug-likeness (QED) is 0.921. The summed E-state index contributed by atoms with van der Waals surface area (Å²) in [6.07, 6.45) is 6.07. The standard InChI is InChI=1S/C18H24N2O2/c1-20(2)13-16-12-19-17(22-16)18(21,15-10-6-7-11-15)14-8-4-3-5-9-14/h3-5,8-9,12,15,21H,6-7,10-11,13H2,1-2H3/t18-/m0/s1. The molecule has 1 atom stereocenters. The van der Waals surface area contributed by atoms with Gasteiger partial charge >= 0.3 is 0 Å². The van der Waals surface area contributed by atoms with E-state index < -0.39 is 5.60 Å². The van der Waals surface area contributed by atoms with Crippen molar-refractivity contribution in [3.05, 3.63) is 53.7 Å². The Hall–Kier alpha value is -1.65. The lowest BCUT2D eigenvalue weighted by atomic mass is 9.80. The van der Waals surface area contributed by atoms with E-state index in [1.54, 1.807) is 6.20 Å². The minimum atomic E-state index is -1.12. The monoisotopic (exact) mass is 300 g/mol. The van der Waals surface area contributed by atoms with Gasteiger partial charge in [-0.2, -0.15) is 0 Å². The highest BCUT2D eigenvalue weighted by molar-refractivity contribution is 5.30. The first-order chi connectivity index (χ1) is 10.6. The Morgan fingerprint density at radius 3 is 2.55 bits per heavy atom. The molecule has 0 radical (unpaired) electrons. The number of hydrogen-bond donors (Lipinski definition) is 1. The van der Waals surface area contributed by atoms with E-state index in [-0.39, 0.29) is 5.92 Å². The van der Waals surface area contributed by atoms with Gasteiger partial charge in [0, 0.05) is 5.92 Å². The maximum Gasteiger partial charge on any atom is 0.231 e. The first kappa shape index (κ1) is 15.3. The summed E-state index contributed by atoms with van der Waals surface area (Å²) in [6.45, 7) is 0.683. The molecule has 0 spiro atoms. The predicted octanol–water partition coefficient (Wildman–Crippen LogP) is 3.16. The fraction of sp³-hybridized carbons (Fsp3) is 0.500. The highest BCUT2D eigenvalue weighted by Gasteiger charge is 2.45. The van der Waals surface area contributed by atoms with E-state index in [0.29, 0.717) is 12.4 Å². The molecule has 1 N–H and O–H groups in total. The number of aromatic nitrogens is 1. The molecule has 22 heavy (non-hydrogen) atoms. The number of nitrogens with zero attached hydrogens (tertiary/aromatic N) is 2. The summed E-state index contributed by atoms with van der Waals surface area (Å²) in [5.41, 5.74) is -0.248. The van der Waals surface area contributed by atoms with Gasteiger partial charge in [-0.1, -0.05) is 43.2 Å². The Morgan fingerprint density at radius 1 is 1.23 bits per heavy atom. The molecule has 118 valence electrons. The Labute approximate surface area is 131 Å². The van der Waals surface area contributed by atoms with E-state index in [0.717, 1.165) is 37.0 Å². The van der Waals surface area contributed by atoms with Gasteiger partial charge in [-0.3, -0.25) is 0 Å². The zero-order valence-corrected chi connectivity index (χ0v) is 13.3. The molecule has 1 heterocycles. The third-order valence-electron chi connectivity index (χ3n) is 4.51. The minimum absolute atomic E-state index is 0.167. The van der Waals surface area contributed by atoms with Crippen LogP contribution < -0.4 is 0 Å². The summed E-state index contributed by atoms with van der Waals surface area (Å²) in [5.74, 6) is 1.38. The van der Waals surface area contributed by atoms with Gasteiger partial charge in [-0.25, -0.2) is 4.98 Å². The molecule has 0 amide bonds. The summed E-state index contributed by atoms with van der Waals surface area (Å²) < 4.78 is 5.92. The molecule has 1 fully saturated rings. The number of rotatable bonds is 5. The van der Waals surface area contributed by atoms with Crippen LogP contribution in [0.25, 0.3) is 0 Å². The molecule has 0 saturated heterocycles. The normalized spacial score (nSPS) is 18.7. The lowest BCUT2D eigenvalue weighted by Crippen LogP contribution is -2.35. The zero-order valence-electron chi connectivity index (χ0n) is 13.3. The average Bonchev–Trinajstić information content (AvgIpc) is 3.18. The van der Waals surface area contributed by atoms with Crippen LogP contribution in [-0.4, -0.2) is 29.1 Å². The van der Waals surface area contributed by atoms with Gasteiger partial charge in [-0.05, 0) is 32.5 Å². The van der Waals surface area contributed by atoms with Crippen LogP contribution in [0.3, 0.4) is 0 Å². The molecular formula is C18H24N2O2. The molecule has 1 aliphatic carbocycles. The van der Waals surface area contributed by atoms with Crippen LogP contribution in [0.2, 0.25) is 0 Å². The largest absolute Gasteiger partial charge is 0.441 e. The second kappa shape index (κ2) is 6.23. The SMILES string of the molecule is CN(C)Cc1cnc([C@](O)(c2ccccc2)C2CCCC2)o1. The fourth-order valence-electron chi connectivity index (χ4n) is 3.44. The van der Waals surface area contributed by atoms with Crippen molar-refractivity contribution in [2.45, 2.75) is 37.8 Å². The molecule has 0 unspecified atom stereocenters. The van der Waals surface area contributed by atoms with E-state index in [1.165, 1.54) is 0 Å². The zero-order chi connectivity index (χ0) is 15.6. The van der Waals surface area contributed by atoms with Gasteiger partial charge in [0.1, 0.15) is 5.76 Å². The maximum atomic E-state index is 11.5. The summed E-state index contributed by atoms with van der Waals surface area (Å²) in [7, 11) is 3.98. The Kier molecular flexibility index (Phi) is 4.32. The summed E-state index contributed by atoms with van der Waals surface area (Å²) >= 11 is 0. The molecule has 4 nitrogen and oxygen atoms in total. The van der Waals surface area contributed by atoms with Crippen molar-refractivity contribution in [1.29, 1.82) is 0 Å². The van der Waals surface area contributed by atoms with E-state index in [9.17, 15) is 5.11 Å². The topological polar surface area (TPSA) is 49.5 Å². The lowest BCUT2D eigenvalue weighted by Gasteiger charge is -2.31. The third kappa shape index (κ3) is 2.81. The van der Waals surface area contributed by atoms with Gasteiger partial charge in [0.15, 0.2) is 5.60 Å². The van der Waals surface area contributed by atoms with E-state index >= 15 is 0 Å². The van der Waals surface area contributed by atoms with Crippen LogP contribution in [0.15, 0.2) is 40.9 Å². The van der Waals surface area contributed by atoms with Crippen molar-refractivity contribution in [2.24, 2.45) is 5.92 Å². The van der Waals surface area contributed by atoms with Gasteiger partial charge in [-0.15, -0.1) is 0 Å². The molecule has 1 aliphatic rings. The second-order valence-electron chi connectivity index (χ2n) is 6.48. The number of hydrogen-bond acceptors (Lipinski definition) is 4. The van der Waals surface area contributed by atoms with Gasteiger partial charge < -0.3 is 14.4 Å². The van der Waals surface area contributed by atoms with Crippen molar-refractivity contribution in [1.82, 2.24) is 9.88 Å². The summed E-state index contributed by atoms with van der Waals surface area (Å²) in [4.78, 5) is 6.45. The summed E-state index contributed by atoms with van der Waals surface area (Å²) in [6, 6.07) is 9.81. The molecule has 3 rings (SSSR count). The van der Waals surface area contributed by atoms with Crippen LogP contribution in [0, 0.1) is 5.92 Å². The van der Waals surface area contributed by atoms with Gasteiger partial charge in [0.25, 0.3) is 0 Å². The van der Waals surface area contributed by atoms with Gasteiger partial charge in [0.2, 0.25) is 5.89 Å². The van der Waals surface area contributed by atoms with Crippen LogP contribution in [-0.2, 0) is 12.1 Å². The Bertz CT molecular complexity index is 603. The van der Waals surface area contributed by atoms with Crippen LogP contribution in [0.1, 0.15) is 42.9 Å². The predicted molar refractivity (Wildman–Crippen MR) is 85.3 cm³/mol. The lowest BCUT2D eigenvalue weighted by molar-refractivity contribution is -0.00717. The van der Waals surface area contributed by atoms with E-state index in [1.807, 2.05) is 49.3 Å². The number of aliphatic hydroxyl groups is 1. The van der Waals surface area contributed by atoms with E-state index in [4.69, 9.17) is 4.42 Å². The van der Waals surface area contributed by atoms with Crippen molar-refractivity contribution >= 4 is 0 Å². The van der Waals surface area contributed by atoms with Crippen molar-refractivity contribution in [3.8, 4) is 0 Å². The number of oxazole rings is 1. The molecule has 0 aliphatic heterocycles. The first-order valence-corrected chi connectivity index (χ1v) is 7.98. The second-order valence-corrected chi connectivity index (χ2v) is 6.48. The highest BCUT2D eigenvalue weighted by Crippen LogP contribution is 2.44. The van der Waals surface area contributed by atoms with E-state index in [2.05, 4.69) is 4.98 Å². The van der Waals surface area contributed by atoms with Crippen molar-refractivity contribution < 1.29 is 9.52 Å². The van der Waals surface area contributed by atoms with Crippen LogP contribution in [0.4, 0.5) is 0 Å². The van der Waals surface area contributed by atoms with Gasteiger partial charge in [0.05, 0.1) is 12.7 Å². The first-order valence-electron chi connectivity index (χ1n) is 7.98. The Morgan fingerprint density at radius 2 is 1.91 bits per heavy atom. The molecule has 0 bridgehead atoms. The molecule has 1 aromatic carbocycles. The smallest absolute Gasteiger partial charge is 0.231 e. The molecule has 1 saturated carbocycles. The summed E-state index contributed by atoms with van der Waals surface area (Å²) in [5, 5.41) is 11.5. The van der Waals surface area contributed by atoms with Crippen LogP contribution in [0.5, 0.6) is 0 Å². The van der Waals surface area contributed by atoms with Crippen molar-refractivity contribution in [2.75, 3.05) is 14.1 Å². The average molecular weight is 300 g/mol. The molecule has 1 aromatic heterocycles. The van der Waals surface area contributed by atoms with Crippen LogP contribution >= 0.6 is 0 Å². The minimum Gasteiger partial charge on any atom is -0.441 e. The molecule has 2 aromatic rings. The Balaban J connectivity index is 2.00. The molecule has 4 heteroatoms. The number of benzene rings is 1. The van der Waals surface area contributed by atoms with Crippen molar-refractivity contribution in [3.63, 3.8) is 0 Å². The fourth-order valence-corrected chi connectivity index (χ4v) is 3.44. The maximum absolute atomic E-state index is 11.5.